The second kappa shape index (κ2) is 5.95. The lowest BCUT2D eigenvalue weighted by Gasteiger charge is -2.24. The number of esters is 1. The summed E-state index contributed by atoms with van der Waals surface area (Å²) in [5, 5.41) is 0. The van der Waals surface area contributed by atoms with E-state index in [2.05, 4.69) is 20.8 Å². The SMILES string of the molecule is CC(=O)OCSc1c(F)cc(C(C)(C)C)c(C)c1C. The highest BCUT2D eigenvalue weighted by Crippen LogP contribution is 2.35. The summed E-state index contributed by atoms with van der Waals surface area (Å²) < 4.78 is 19.0. The molecular weight excluding hydrogens is 263 g/mol. The van der Waals surface area contributed by atoms with Crippen LogP contribution in [-0.4, -0.2) is 11.9 Å². The Hall–Kier alpha value is -1.03. The topological polar surface area (TPSA) is 26.3 Å². The number of thioether (sulfide) groups is 1. The summed E-state index contributed by atoms with van der Waals surface area (Å²) in [5.41, 5.74) is 2.94. The molecule has 0 radical (unpaired) electrons. The summed E-state index contributed by atoms with van der Waals surface area (Å²) in [6, 6.07) is 1.60. The van der Waals surface area contributed by atoms with Crippen molar-refractivity contribution in [3.8, 4) is 0 Å². The molecule has 0 aliphatic rings. The minimum atomic E-state index is -0.353. The molecule has 0 fully saturated rings. The van der Waals surface area contributed by atoms with Crippen LogP contribution in [-0.2, 0) is 14.9 Å². The van der Waals surface area contributed by atoms with Gasteiger partial charge in [0, 0.05) is 11.8 Å². The van der Waals surface area contributed by atoms with Crippen molar-refractivity contribution in [2.45, 2.75) is 51.9 Å². The van der Waals surface area contributed by atoms with Crippen molar-refractivity contribution in [3.05, 3.63) is 28.6 Å². The van der Waals surface area contributed by atoms with Gasteiger partial charge in [-0.3, -0.25) is 4.79 Å². The van der Waals surface area contributed by atoms with Gasteiger partial charge in [0.25, 0.3) is 0 Å². The summed E-state index contributed by atoms with van der Waals surface area (Å²) in [6.45, 7) is 11.5. The maximum Gasteiger partial charge on any atom is 0.303 e. The quantitative estimate of drug-likeness (QED) is 0.469. The lowest BCUT2D eigenvalue weighted by atomic mass is 9.82. The van der Waals surface area contributed by atoms with Crippen LogP contribution in [0.1, 0.15) is 44.4 Å². The van der Waals surface area contributed by atoms with E-state index in [1.54, 1.807) is 6.07 Å². The van der Waals surface area contributed by atoms with Crippen molar-refractivity contribution in [1.82, 2.24) is 0 Å². The van der Waals surface area contributed by atoms with Crippen molar-refractivity contribution < 1.29 is 13.9 Å². The van der Waals surface area contributed by atoms with E-state index in [0.717, 1.165) is 16.7 Å². The highest BCUT2D eigenvalue weighted by atomic mass is 32.2. The van der Waals surface area contributed by atoms with Gasteiger partial charge in [-0.05, 0) is 42.0 Å². The molecular formula is C15H21FO2S. The third-order valence-corrected chi connectivity index (χ3v) is 4.09. The van der Waals surface area contributed by atoms with Crippen LogP contribution in [0.2, 0.25) is 0 Å². The second-order valence-electron chi connectivity index (χ2n) is 5.63. The fourth-order valence-corrected chi connectivity index (χ4v) is 2.89. The van der Waals surface area contributed by atoms with Crippen LogP contribution < -0.4 is 0 Å². The minimum absolute atomic E-state index is 0.0885. The first-order chi connectivity index (χ1) is 8.64. The number of halogens is 1. The first kappa shape index (κ1) is 16.0. The predicted octanol–water partition coefficient (Wildman–Crippen LogP) is 4.35. The third kappa shape index (κ3) is 3.96. The lowest BCUT2D eigenvalue weighted by molar-refractivity contribution is -0.138. The first-order valence-corrected chi connectivity index (χ1v) is 7.19. The van der Waals surface area contributed by atoms with Crippen LogP contribution in [0.25, 0.3) is 0 Å². The lowest BCUT2D eigenvalue weighted by Crippen LogP contribution is -2.15. The summed E-state index contributed by atoms with van der Waals surface area (Å²) in [5.74, 6) is -0.458. The van der Waals surface area contributed by atoms with E-state index in [1.165, 1.54) is 18.7 Å². The summed E-state index contributed by atoms with van der Waals surface area (Å²) in [4.78, 5) is 11.3. The van der Waals surface area contributed by atoms with Gasteiger partial charge in [0.15, 0.2) is 0 Å². The second-order valence-corrected chi connectivity index (χ2v) is 6.57. The summed E-state index contributed by atoms with van der Waals surface area (Å²) in [7, 11) is 0. The van der Waals surface area contributed by atoms with Gasteiger partial charge in [-0.25, -0.2) is 4.39 Å². The molecule has 0 aromatic heterocycles. The molecule has 0 spiro atoms. The molecule has 0 N–H and O–H groups in total. The minimum Gasteiger partial charge on any atom is -0.454 e. The van der Waals surface area contributed by atoms with E-state index in [1.807, 2.05) is 13.8 Å². The Morgan fingerprint density at radius 3 is 2.37 bits per heavy atom. The molecule has 1 aromatic carbocycles. The number of carbonyl (C=O) groups excluding carboxylic acids is 1. The van der Waals surface area contributed by atoms with Crippen LogP contribution >= 0.6 is 11.8 Å². The van der Waals surface area contributed by atoms with Gasteiger partial charge >= 0.3 is 5.97 Å². The van der Waals surface area contributed by atoms with E-state index in [4.69, 9.17) is 4.74 Å². The van der Waals surface area contributed by atoms with E-state index >= 15 is 0 Å². The Balaban J connectivity index is 3.09. The molecule has 19 heavy (non-hydrogen) atoms. The van der Waals surface area contributed by atoms with Gasteiger partial charge in [0.1, 0.15) is 11.8 Å². The van der Waals surface area contributed by atoms with Gasteiger partial charge < -0.3 is 4.74 Å². The maximum atomic E-state index is 14.2. The molecule has 0 saturated heterocycles. The van der Waals surface area contributed by atoms with Crippen LogP contribution in [0.15, 0.2) is 11.0 Å². The monoisotopic (exact) mass is 284 g/mol. The maximum absolute atomic E-state index is 14.2. The molecule has 0 saturated carbocycles. The Morgan fingerprint density at radius 2 is 1.89 bits per heavy atom. The highest BCUT2D eigenvalue weighted by Gasteiger charge is 2.21. The first-order valence-electron chi connectivity index (χ1n) is 6.21. The summed E-state index contributed by atoms with van der Waals surface area (Å²) >= 11 is 1.22. The molecule has 106 valence electrons. The van der Waals surface area contributed by atoms with Crippen molar-refractivity contribution in [1.29, 1.82) is 0 Å². The molecule has 0 aliphatic heterocycles. The van der Waals surface area contributed by atoms with Crippen molar-refractivity contribution >= 4 is 17.7 Å². The molecule has 0 unspecified atom stereocenters. The Labute approximate surface area is 118 Å². The zero-order chi connectivity index (χ0) is 14.8. The zero-order valence-electron chi connectivity index (χ0n) is 12.4. The fraction of sp³-hybridized carbons (Fsp3) is 0.533. The predicted molar refractivity (Wildman–Crippen MR) is 77.1 cm³/mol. The van der Waals surface area contributed by atoms with Crippen molar-refractivity contribution in [3.63, 3.8) is 0 Å². The Morgan fingerprint density at radius 1 is 1.32 bits per heavy atom. The Bertz CT molecular complexity index is 490. The standard InChI is InChI=1S/C15H21FO2S/c1-9-10(2)14(19-8-18-11(3)17)13(16)7-12(9)15(4,5)6/h7H,8H2,1-6H3. The van der Waals surface area contributed by atoms with Gasteiger partial charge in [0.05, 0.1) is 0 Å². The number of rotatable bonds is 3. The van der Waals surface area contributed by atoms with Gasteiger partial charge in [-0.2, -0.15) is 0 Å². The fourth-order valence-electron chi connectivity index (χ4n) is 1.98. The molecule has 1 rings (SSSR count). The van der Waals surface area contributed by atoms with Gasteiger partial charge in [-0.15, -0.1) is 0 Å². The van der Waals surface area contributed by atoms with Crippen LogP contribution in [0.5, 0.6) is 0 Å². The molecule has 0 amide bonds. The number of carbonyl (C=O) groups is 1. The van der Waals surface area contributed by atoms with Crippen LogP contribution in [0.4, 0.5) is 4.39 Å². The molecule has 0 atom stereocenters. The Kier molecular flexibility index (Phi) is 5.02. The molecule has 1 aromatic rings. The van der Waals surface area contributed by atoms with Crippen LogP contribution in [0, 0.1) is 19.7 Å². The molecule has 0 bridgehead atoms. The average Bonchev–Trinajstić information content (AvgIpc) is 2.26. The molecule has 2 nitrogen and oxygen atoms in total. The van der Waals surface area contributed by atoms with Crippen molar-refractivity contribution in [2.24, 2.45) is 0 Å². The third-order valence-electron chi connectivity index (χ3n) is 3.07. The summed E-state index contributed by atoms with van der Waals surface area (Å²) in [6.07, 6.45) is 0. The van der Waals surface area contributed by atoms with Crippen LogP contribution in [0.3, 0.4) is 0 Å². The molecule has 0 aliphatic carbocycles. The number of hydrogen-bond donors (Lipinski definition) is 0. The number of ether oxygens (including phenoxy) is 1. The number of hydrogen-bond acceptors (Lipinski definition) is 3. The van der Waals surface area contributed by atoms with Gasteiger partial charge in [0.2, 0.25) is 0 Å². The van der Waals surface area contributed by atoms with E-state index in [-0.39, 0.29) is 23.1 Å². The van der Waals surface area contributed by atoms with Crippen molar-refractivity contribution in [2.75, 3.05) is 5.94 Å². The molecule has 4 heteroatoms. The highest BCUT2D eigenvalue weighted by molar-refractivity contribution is 7.99. The average molecular weight is 284 g/mol. The van der Waals surface area contributed by atoms with Gasteiger partial charge in [-0.1, -0.05) is 32.5 Å². The molecule has 0 heterocycles. The largest absolute Gasteiger partial charge is 0.454 e. The van der Waals surface area contributed by atoms with E-state index < -0.39 is 0 Å². The zero-order valence-corrected chi connectivity index (χ0v) is 13.2. The van der Waals surface area contributed by atoms with E-state index in [0.29, 0.717) is 4.90 Å². The smallest absolute Gasteiger partial charge is 0.303 e. The number of benzene rings is 1. The van der Waals surface area contributed by atoms with E-state index in [9.17, 15) is 9.18 Å². The normalized spacial score (nSPS) is 11.5.